The number of aromatic nitrogens is 1. The van der Waals surface area contributed by atoms with Crippen molar-refractivity contribution in [2.24, 2.45) is 0 Å². The van der Waals surface area contributed by atoms with Crippen LogP contribution in [0.2, 0.25) is 0 Å². The number of thiazole rings is 1. The maximum absolute atomic E-state index is 12.6. The molecule has 0 atom stereocenters. The summed E-state index contributed by atoms with van der Waals surface area (Å²) in [6.45, 7) is 3.88. The summed E-state index contributed by atoms with van der Waals surface area (Å²) in [5.74, 6) is -0.544. The number of carbonyl (C=O) groups excluding carboxylic acids is 2. The van der Waals surface area contributed by atoms with E-state index in [2.05, 4.69) is 15.6 Å². The Morgan fingerprint density at radius 3 is 2.60 bits per heavy atom. The highest BCUT2D eigenvalue weighted by Crippen LogP contribution is 2.34. The zero-order chi connectivity index (χ0) is 21.9. The Bertz CT molecular complexity index is 1200. The third kappa shape index (κ3) is 5.97. The van der Waals surface area contributed by atoms with E-state index in [1.807, 2.05) is 19.1 Å². The summed E-state index contributed by atoms with van der Waals surface area (Å²) in [5, 5.41) is 6.03. The third-order valence-electron chi connectivity index (χ3n) is 4.04. The minimum atomic E-state index is -3.18. The van der Waals surface area contributed by atoms with Crippen molar-refractivity contribution in [1.82, 2.24) is 10.3 Å². The quantitative estimate of drug-likeness (QED) is 0.557. The van der Waals surface area contributed by atoms with Gasteiger partial charge in [0.25, 0.3) is 5.91 Å². The largest absolute Gasteiger partial charge is 0.351 e. The topological polar surface area (TPSA) is 105 Å². The Balaban J connectivity index is 1.74. The molecule has 0 bridgehead atoms. The number of nitrogens with one attached hydrogen (secondary N) is 2. The van der Waals surface area contributed by atoms with E-state index in [4.69, 9.17) is 0 Å². The minimum Gasteiger partial charge on any atom is -0.351 e. The van der Waals surface area contributed by atoms with E-state index in [-0.39, 0.29) is 17.6 Å². The second kappa shape index (κ2) is 9.07. The molecule has 0 saturated heterocycles. The zero-order valence-electron chi connectivity index (χ0n) is 16.7. The molecule has 3 rings (SSSR count). The van der Waals surface area contributed by atoms with Gasteiger partial charge >= 0.3 is 0 Å². The first-order valence-electron chi connectivity index (χ1n) is 8.99. The molecule has 2 amide bonds. The first-order valence-corrected chi connectivity index (χ1v) is 12.7. The first kappa shape index (κ1) is 22.1. The molecule has 0 fully saturated rings. The van der Waals surface area contributed by atoms with Crippen LogP contribution >= 0.6 is 22.7 Å². The Labute approximate surface area is 183 Å². The van der Waals surface area contributed by atoms with Crippen LogP contribution in [0, 0.1) is 6.92 Å². The number of hydrogen-bond donors (Lipinski definition) is 2. The van der Waals surface area contributed by atoms with E-state index in [1.54, 1.807) is 24.3 Å². The van der Waals surface area contributed by atoms with E-state index < -0.39 is 9.84 Å². The molecule has 0 unspecified atom stereocenters. The first-order chi connectivity index (χ1) is 14.1. The van der Waals surface area contributed by atoms with Crippen molar-refractivity contribution in [2.45, 2.75) is 26.1 Å². The van der Waals surface area contributed by atoms with E-state index in [9.17, 15) is 18.0 Å². The molecule has 30 heavy (non-hydrogen) atoms. The predicted molar refractivity (Wildman–Crippen MR) is 121 cm³/mol. The molecule has 7 nitrogen and oxygen atoms in total. The molecule has 0 radical (unpaired) electrons. The maximum atomic E-state index is 12.6. The number of sulfone groups is 1. The lowest BCUT2D eigenvalue weighted by molar-refractivity contribution is -0.119. The molecule has 0 aliphatic heterocycles. The van der Waals surface area contributed by atoms with Gasteiger partial charge in [-0.2, -0.15) is 0 Å². The van der Waals surface area contributed by atoms with Gasteiger partial charge in [-0.05, 0) is 36.8 Å². The van der Waals surface area contributed by atoms with E-state index in [0.717, 1.165) is 26.6 Å². The van der Waals surface area contributed by atoms with Crippen molar-refractivity contribution in [1.29, 1.82) is 0 Å². The molecule has 2 heterocycles. The van der Waals surface area contributed by atoms with Crippen LogP contribution in [0.5, 0.6) is 0 Å². The summed E-state index contributed by atoms with van der Waals surface area (Å²) in [6, 6.07) is 10.4. The van der Waals surface area contributed by atoms with Crippen LogP contribution in [0.25, 0.3) is 10.6 Å². The van der Waals surface area contributed by atoms with Crippen LogP contribution in [-0.2, 0) is 26.9 Å². The molecule has 0 saturated carbocycles. The van der Waals surface area contributed by atoms with Gasteiger partial charge in [0, 0.05) is 28.5 Å². The lowest BCUT2D eigenvalue weighted by Crippen LogP contribution is -2.17. The number of thiophene rings is 1. The van der Waals surface area contributed by atoms with Gasteiger partial charge in [-0.15, -0.1) is 22.7 Å². The smallest absolute Gasteiger partial charge is 0.257 e. The second-order valence-corrected chi connectivity index (χ2v) is 11.3. The number of carbonyl (C=O) groups is 2. The summed E-state index contributed by atoms with van der Waals surface area (Å²) in [4.78, 5) is 31.2. The fourth-order valence-electron chi connectivity index (χ4n) is 2.76. The molecule has 0 aliphatic rings. The molecular weight excluding hydrogens is 442 g/mol. The van der Waals surface area contributed by atoms with Crippen LogP contribution in [0.4, 0.5) is 5.13 Å². The van der Waals surface area contributed by atoms with Crippen molar-refractivity contribution in [2.75, 3.05) is 11.6 Å². The van der Waals surface area contributed by atoms with Crippen LogP contribution < -0.4 is 10.6 Å². The predicted octanol–water partition coefficient (Wildman–Crippen LogP) is 3.61. The van der Waals surface area contributed by atoms with Gasteiger partial charge in [0.2, 0.25) is 5.91 Å². The summed E-state index contributed by atoms with van der Waals surface area (Å²) in [5.41, 5.74) is 1.73. The summed E-state index contributed by atoms with van der Waals surface area (Å²) in [7, 11) is -3.18. The highest BCUT2D eigenvalue weighted by molar-refractivity contribution is 7.89. The Morgan fingerprint density at radius 1 is 1.13 bits per heavy atom. The SMILES string of the molecule is CC(=O)NCc1ccc(-c2nc(NC(=O)c3cccc(CS(C)(=O)=O)c3)sc2C)s1. The maximum Gasteiger partial charge on any atom is 0.257 e. The van der Waals surface area contributed by atoms with Crippen LogP contribution in [0.3, 0.4) is 0 Å². The normalized spacial score (nSPS) is 11.3. The molecular formula is C20H21N3O4S3. The van der Waals surface area contributed by atoms with Crippen LogP contribution in [0.1, 0.15) is 32.6 Å². The molecule has 1 aromatic carbocycles. The standard InChI is InChI=1S/C20H21N3O4S3/c1-12-18(17-8-7-16(29-17)10-21-13(2)24)22-20(28-12)23-19(25)15-6-4-5-14(9-15)11-30(3,26)27/h4-9H,10-11H2,1-3H3,(H,21,24)(H,22,23,25). The lowest BCUT2D eigenvalue weighted by atomic mass is 10.1. The summed E-state index contributed by atoms with van der Waals surface area (Å²) < 4.78 is 23.0. The fraction of sp³-hybridized carbons (Fsp3) is 0.250. The van der Waals surface area contributed by atoms with E-state index >= 15 is 0 Å². The number of benzene rings is 1. The van der Waals surface area contributed by atoms with Crippen molar-refractivity contribution >= 4 is 49.5 Å². The Hall–Kier alpha value is -2.56. The second-order valence-electron chi connectivity index (χ2n) is 6.82. The average Bonchev–Trinajstić information content (AvgIpc) is 3.25. The molecule has 0 aliphatic carbocycles. The van der Waals surface area contributed by atoms with Crippen molar-refractivity contribution in [3.05, 3.63) is 57.3 Å². The van der Waals surface area contributed by atoms with Gasteiger partial charge in [0.1, 0.15) is 0 Å². The van der Waals surface area contributed by atoms with E-state index in [0.29, 0.717) is 22.8 Å². The summed E-state index contributed by atoms with van der Waals surface area (Å²) in [6.07, 6.45) is 1.16. The monoisotopic (exact) mass is 463 g/mol. The highest BCUT2D eigenvalue weighted by Gasteiger charge is 2.15. The number of amides is 2. The molecule has 2 N–H and O–H groups in total. The Morgan fingerprint density at radius 2 is 1.90 bits per heavy atom. The molecule has 3 aromatic rings. The highest BCUT2D eigenvalue weighted by atomic mass is 32.2. The van der Waals surface area contributed by atoms with Crippen LogP contribution in [0.15, 0.2) is 36.4 Å². The van der Waals surface area contributed by atoms with Gasteiger partial charge in [-0.3, -0.25) is 14.9 Å². The molecule has 10 heteroatoms. The van der Waals surface area contributed by atoms with Crippen LogP contribution in [-0.4, -0.2) is 31.5 Å². The third-order valence-corrected chi connectivity index (χ3v) is 6.88. The van der Waals surface area contributed by atoms with Crippen molar-refractivity contribution in [3.8, 4) is 10.6 Å². The number of rotatable bonds is 7. The zero-order valence-corrected chi connectivity index (χ0v) is 19.1. The van der Waals surface area contributed by atoms with Gasteiger partial charge in [-0.25, -0.2) is 13.4 Å². The fourth-order valence-corrected chi connectivity index (χ4v) is 5.43. The van der Waals surface area contributed by atoms with E-state index in [1.165, 1.54) is 29.6 Å². The van der Waals surface area contributed by atoms with Gasteiger partial charge < -0.3 is 5.32 Å². The number of nitrogens with zero attached hydrogens (tertiary/aromatic N) is 1. The lowest BCUT2D eigenvalue weighted by Gasteiger charge is -2.04. The van der Waals surface area contributed by atoms with Gasteiger partial charge in [0.15, 0.2) is 15.0 Å². The number of aryl methyl sites for hydroxylation is 1. The van der Waals surface area contributed by atoms with Gasteiger partial charge in [0.05, 0.1) is 22.9 Å². The average molecular weight is 464 g/mol. The minimum absolute atomic E-state index is 0.0830. The van der Waals surface area contributed by atoms with Crippen molar-refractivity contribution < 1.29 is 18.0 Å². The molecule has 0 spiro atoms. The summed E-state index contributed by atoms with van der Waals surface area (Å²) >= 11 is 2.91. The van der Waals surface area contributed by atoms with Crippen molar-refractivity contribution in [3.63, 3.8) is 0 Å². The molecule has 2 aromatic heterocycles. The number of anilines is 1. The van der Waals surface area contributed by atoms with Gasteiger partial charge in [-0.1, -0.05) is 12.1 Å². The number of hydrogen-bond acceptors (Lipinski definition) is 7. The molecule has 158 valence electrons. The Kier molecular flexibility index (Phi) is 6.69.